The summed E-state index contributed by atoms with van der Waals surface area (Å²) < 4.78 is 1.00. The molecule has 0 unspecified atom stereocenters. The van der Waals surface area contributed by atoms with Gasteiger partial charge in [0.25, 0.3) is 0 Å². The van der Waals surface area contributed by atoms with Crippen LogP contribution in [0.5, 0.6) is 0 Å². The first-order valence-corrected chi connectivity index (χ1v) is 6.26. The molecule has 0 saturated carbocycles. The molecule has 0 atom stereocenters. The van der Waals surface area contributed by atoms with Crippen molar-refractivity contribution in [3.63, 3.8) is 0 Å². The van der Waals surface area contributed by atoms with Gasteiger partial charge >= 0.3 is 5.97 Å². The highest BCUT2D eigenvalue weighted by Gasteiger charge is 2.15. The molecule has 0 saturated heterocycles. The maximum Gasteiger partial charge on any atom is 0.337 e. The Morgan fingerprint density at radius 3 is 2.63 bits per heavy atom. The lowest BCUT2D eigenvalue weighted by Crippen LogP contribution is -2.22. The zero-order chi connectivity index (χ0) is 14.6. The Morgan fingerprint density at radius 2 is 2.16 bits per heavy atom. The van der Waals surface area contributed by atoms with Crippen LogP contribution in [0.4, 0.5) is 5.69 Å². The first-order valence-electron chi connectivity index (χ1n) is 4.67. The Morgan fingerprint density at radius 1 is 1.53 bits per heavy atom. The van der Waals surface area contributed by atoms with Crippen LogP contribution >= 0.6 is 31.9 Å². The normalized spacial score (nSPS) is 10.7. The molecule has 0 aliphatic rings. The van der Waals surface area contributed by atoms with Crippen molar-refractivity contribution in [1.82, 2.24) is 0 Å². The van der Waals surface area contributed by atoms with E-state index in [1.807, 2.05) is 0 Å². The minimum Gasteiger partial charge on any atom is -0.478 e. The number of hydrogen-bond donors (Lipinski definition) is 4. The van der Waals surface area contributed by atoms with Gasteiger partial charge in [0.2, 0.25) is 5.71 Å². The number of amidine groups is 1. The lowest BCUT2D eigenvalue weighted by atomic mass is 10.2. The summed E-state index contributed by atoms with van der Waals surface area (Å²) in [6.45, 7) is 0. The Kier molecular flexibility index (Phi) is 5.02. The van der Waals surface area contributed by atoms with Crippen molar-refractivity contribution in [2.75, 3.05) is 5.43 Å². The van der Waals surface area contributed by atoms with Crippen molar-refractivity contribution >= 4 is 55.1 Å². The molecule has 19 heavy (non-hydrogen) atoms. The highest BCUT2D eigenvalue weighted by molar-refractivity contribution is 9.11. The van der Waals surface area contributed by atoms with Gasteiger partial charge in [-0.2, -0.15) is 10.4 Å². The van der Waals surface area contributed by atoms with Gasteiger partial charge in [0.1, 0.15) is 6.07 Å². The monoisotopic (exact) mass is 387 g/mol. The predicted octanol–water partition coefficient (Wildman–Crippen LogP) is 2.14. The van der Waals surface area contributed by atoms with E-state index in [4.69, 9.17) is 21.5 Å². The molecule has 0 fully saturated rings. The summed E-state index contributed by atoms with van der Waals surface area (Å²) in [5.74, 6) is -1.68. The standard InChI is InChI=1S/C10H7Br2N5O2/c11-4-1-5(10(18)19)8(6(12)2-4)17-16-7(3-13)9(14)15/h1-2,17H,(H3,14,15)(H,18,19)/b16-7+. The number of carbonyl (C=O) groups is 1. The molecular weight excluding hydrogens is 382 g/mol. The molecule has 5 N–H and O–H groups in total. The second-order valence-corrected chi connectivity index (χ2v) is 4.98. The lowest BCUT2D eigenvalue weighted by Gasteiger charge is -2.09. The minimum atomic E-state index is -1.17. The molecule has 7 nitrogen and oxygen atoms in total. The number of nitrogens with two attached hydrogens (primary N) is 1. The van der Waals surface area contributed by atoms with Crippen LogP contribution in [0.1, 0.15) is 10.4 Å². The summed E-state index contributed by atoms with van der Waals surface area (Å²) in [4.78, 5) is 11.1. The van der Waals surface area contributed by atoms with Crippen LogP contribution in [0.3, 0.4) is 0 Å². The van der Waals surface area contributed by atoms with Crippen LogP contribution in [0.25, 0.3) is 0 Å². The number of carboxylic acid groups (broad SMARTS) is 1. The number of anilines is 1. The molecule has 0 spiro atoms. The maximum atomic E-state index is 11.1. The average molecular weight is 389 g/mol. The Bertz CT molecular complexity index is 621. The molecule has 0 aliphatic carbocycles. The molecule has 0 bridgehead atoms. The van der Waals surface area contributed by atoms with Crippen LogP contribution in [0.15, 0.2) is 26.2 Å². The van der Waals surface area contributed by atoms with E-state index >= 15 is 0 Å². The molecule has 1 aromatic rings. The van der Waals surface area contributed by atoms with Crippen LogP contribution in [0, 0.1) is 16.7 Å². The van der Waals surface area contributed by atoms with Gasteiger partial charge in [0, 0.05) is 8.95 Å². The fraction of sp³-hybridized carbons (Fsp3) is 0. The molecule has 9 heteroatoms. The third-order valence-electron chi connectivity index (χ3n) is 1.93. The van der Waals surface area contributed by atoms with Gasteiger partial charge in [-0.05, 0) is 28.1 Å². The van der Waals surface area contributed by atoms with Crippen molar-refractivity contribution < 1.29 is 9.90 Å². The van der Waals surface area contributed by atoms with Crippen molar-refractivity contribution in [1.29, 1.82) is 10.7 Å². The number of hydrazone groups is 1. The highest BCUT2D eigenvalue weighted by Crippen LogP contribution is 2.30. The van der Waals surface area contributed by atoms with E-state index in [0.717, 1.165) is 0 Å². The van der Waals surface area contributed by atoms with Gasteiger partial charge in [-0.1, -0.05) is 15.9 Å². The van der Waals surface area contributed by atoms with Crippen LogP contribution < -0.4 is 11.2 Å². The molecule has 0 aromatic heterocycles. The Hall–Kier alpha value is -1.92. The minimum absolute atomic E-state index is 0.0501. The van der Waals surface area contributed by atoms with E-state index in [9.17, 15) is 4.79 Å². The van der Waals surface area contributed by atoms with Crippen LogP contribution in [-0.2, 0) is 0 Å². The summed E-state index contributed by atoms with van der Waals surface area (Å²) in [6.07, 6.45) is 0. The smallest absolute Gasteiger partial charge is 0.337 e. The van der Waals surface area contributed by atoms with Crippen molar-refractivity contribution in [3.8, 4) is 6.07 Å². The molecule has 1 aromatic carbocycles. The summed E-state index contributed by atoms with van der Waals surface area (Å²) in [7, 11) is 0. The van der Waals surface area contributed by atoms with E-state index in [1.54, 1.807) is 12.1 Å². The van der Waals surface area contributed by atoms with Gasteiger partial charge in [-0.25, -0.2) is 4.79 Å². The molecule has 0 heterocycles. The Balaban J connectivity index is 3.25. The number of benzene rings is 1. The molecular formula is C10H7Br2N5O2. The number of hydrogen-bond acceptors (Lipinski definition) is 5. The fourth-order valence-corrected chi connectivity index (χ4v) is 2.43. The van der Waals surface area contributed by atoms with Crippen LogP contribution in [-0.4, -0.2) is 22.6 Å². The summed E-state index contributed by atoms with van der Waals surface area (Å²) in [5, 5.41) is 28.5. The van der Waals surface area contributed by atoms with E-state index in [2.05, 4.69) is 42.4 Å². The van der Waals surface area contributed by atoms with Crippen LogP contribution in [0.2, 0.25) is 0 Å². The van der Waals surface area contributed by atoms with E-state index < -0.39 is 11.8 Å². The molecule has 0 amide bonds. The number of nitrogens with one attached hydrogen (secondary N) is 2. The van der Waals surface area contributed by atoms with Crippen molar-refractivity contribution in [3.05, 3.63) is 26.6 Å². The topological polar surface area (TPSA) is 135 Å². The predicted molar refractivity (Wildman–Crippen MR) is 77.4 cm³/mol. The summed E-state index contributed by atoms with van der Waals surface area (Å²) >= 11 is 6.35. The number of nitriles is 1. The van der Waals surface area contributed by atoms with Gasteiger partial charge in [-0.3, -0.25) is 10.8 Å². The lowest BCUT2D eigenvalue weighted by molar-refractivity contribution is 0.0698. The van der Waals surface area contributed by atoms with Gasteiger partial charge in [0.15, 0.2) is 5.84 Å². The second kappa shape index (κ2) is 6.31. The second-order valence-electron chi connectivity index (χ2n) is 3.21. The third-order valence-corrected chi connectivity index (χ3v) is 3.01. The van der Waals surface area contributed by atoms with E-state index in [-0.39, 0.29) is 17.0 Å². The molecule has 98 valence electrons. The van der Waals surface area contributed by atoms with Gasteiger partial charge < -0.3 is 10.8 Å². The Labute approximate surface area is 124 Å². The third kappa shape index (κ3) is 3.77. The van der Waals surface area contributed by atoms with Crippen molar-refractivity contribution in [2.24, 2.45) is 10.8 Å². The molecule has 0 radical (unpaired) electrons. The SMILES string of the molecule is N#C/C(=N\Nc1c(Br)cc(Br)cc1C(=O)O)C(=N)N. The number of aromatic carboxylic acids is 1. The first-order chi connectivity index (χ1) is 8.86. The zero-order valence-electron chi connectivity index (χ0n) is 9.24. The fourth-order valence-electron chi connectivity index (χ4n) is 1.11. The number of halogens is 2. The van der Waals surface area contributed by atoms with Gasteiger partial charge in [-0.15, -0.1) is 0 Å². The largest absolute Gasteiger partial charge is 0.478 e. The number of nitrogens with zero attached hydrogens (tertiary/aromatic N) is 2. The first kappa shape index (κ1) is 15.1. The van der Waals surface area contributed by atoms with Gasteiger partial charge in [0.05, 0.1) is 11.3 Å². The summed E-state index contributed by atoms with van der Waals surface area (Å²) in [6, 6.07) is 4.61. The van der Waals surface area contributed by atoms with E-state index in [1.165, 1.54) is 6.07 Å². The quantitative estimate of drug-likeness (QED) is 0.356. The number of carboxylic acids is 1. The number of rotatable bonds is 4. The molecule has 0 aliphatic heterocycles. The maximum absolute atomic E-state index is 11.1. The molecule has 1 rings (SSSR count). The van der Waals surface area contributed by atoms with E-state index in [0.29, 0.717) is 8.95 Å². The zero-order valence-corrected chi connectivity index (χ0v) is 12.4. The summed E-state index contributed by atoms with van der Waals surface area (Å²) in [5.41, 5.74) is 7.31. The average Bonchev–Trinajstić information content (AvgIpc) is 2.30. The highest BCUT2D eigenvalue weighted by atomic mass is 79.9. The van der Waals surface area contributed by atoms with Crippen molar-refractivity contribution in [2.45, 2.75) is 0 Å².